The van der Waals surface area contributed by atoms with Crippen LogP contribution in [0.4, 0.5) is 0 Å². The zero-order valence-corrected chi connectivity index (χ0v) is 13.7. The van der Waals surface area contributed by atoms with E-state index < -0.39 is 11.9 Å². The lowest BCUT2D eigenvalue weighted by molar-refractivity contribution is 0.0479. The minimum absolute atomic E-state index is 0. The van der Waals surface area contributed by atoms with Crippen LogP contribution in [-0.2, 0) is 9.47 Å². The molecule has 0 aliphatic heterocycles. The van der Waals surface area contributed by atoms with Crippen molar-refractivity contribution in [2.45, 2.75) is 13.8 Å². The third-order valence-electron chi connectivity index (χ3n) is 2.48. The van der Waals surface area contributed by atoms with Gasteiger partial charge in [0.1, 0.15) is 9.88 Å². The summed E-state index contributed by atoms with van der Waals surface area (Å²) >= 11 is 1.10. The summed E-state index contributed by atoms with van der Waals surface area (Å²) in [7, 11) is 0. The molecule has 0 spiro atoms. The number of esters is 2. The molecule has 0 saturated carbocycles. The van der Waals surface area contributed by atoms with Crippen LogP contribution >= 0.6 is 23.7 Å². The minimum Gasteiger partial charge on any atom is -0.462 e. The number of carbonyl (C=O) groups excluding carboxylic acids is 2. The van der Waals surface area contributed by atoms with E-state index in [0.717, 1.165) is 16.9 Å². The van der Waals surface area contributed by atoms with Crippen molar-refractivity contribution >= 4 is 35.7 Å². The first-order valence-corrected chi connectivity index (χ1v) is 7.24. The summed E-state index contributed by atoms with van der Waals surface area (Å²) in [5, 5.41) is 0.545. The fourth-order valence-electron chi connectivity index (χ4n) is 1.61. The van der Waals surface area contributed by atoms with Gasteiger partial charge in [0.05, 0.1) is 13.2 Å². The predicted octanol–water partition coefficient (Wildman–Crippen LogP) is 2.98. The molecule has 6 nitrogen and oxygen atoms in total. The Bertz CT molecular complexity index is 610. The van der Waals surface area contributed by atoms with Gasteiger partial charge in [-0.25, -0.2) is 14.6 Å². The first kappa shape index (κ1) is 18.1. The van der Waals surface area contributed by atoms with E-state index in [2.05, 4.69) is 9.97 Å². The Hall–Kier alpha value is -1.99. The van der Waals surface area contributed by atoms with Crippen molar-refractivity contribution in [3.05, 3.63) is 35.1 Å². The molecule has 0 atom stereocenters. The van der Waals surface area contributed by atoms with Gasteiger partial charge < -0.3 is 9.47 Å². The molecule has 22 heavy (non-hydrogen) atoms. The van der Waals surface area contributed by atoms with Gasteiger partial charge in [-0.1, -0.05) is 0 Å². The van der Waals surface area contributed by atoms with Crippen LogP contribution in [0.5, 0.6) is 0 Å². The lowest BCUT2D eigenvalue weighted by Gasteiger charge is -2.01. The Kier molecular flexibility index (Phi) is 6.94. The van der Waals surface area contributed by atoms with E-state index in [1.807, 2.05) is 0 Å². The SMILES string of the molecule is CCOC(=O)c1nc(-c2ccncc2)sc1C(=O)OCC.Cl. The molecule has 0 amide bonds. The highest BCUT2D eigenvalue weighted by Crippen LogP contribution is 2.28. The molecule has 2 aromatic rings. The molecule has 0 bridgehead atoms. The lowest BCUT2D eigenvalue weighted by Crippen LogP contribution is -2.12. The highest BCUT2D eigenvalue weighted by molar-refractivity contribution is 7.17. The molecule has 0 N–H and O–H groups in total. The van der Waals surface area contributed by atoms with Gasteiger partial charge in [0.15, 0.2) is 5.69 Å². The number of ether oxygens (including phenoxy) is 2. The molecule has 2 aromatic heterocycles. The topological polar surface area (TPSA) is 78.4 Å². The number of hydrogen-bond acceptors (Lipinski definition) is 7. The second-order valence-corrected chi connectivity index (χ2v) is 4.87. The predicted molar refractivity (Wildman–Crippen MR) is 84.5 cm³/mol. The Morgan fingerprint density at radius 1 is 1.09 bits per heavy atom. The van der Waals surface area contributed by atoms with Gasteiger partial charge in [0, 0.05) is 18.0 Å². The van der Waals surface area contributed by atoms with Crippen molar-refractivity contribution < 1.29 is 19.1 Å². The first-order valence-electron chi connectivity index (χ1n) is 6.42. The number of carbonyl (C=O) groups is 2. The number of rotatable bonds is 5. The molecule has 2 rings (SSSR count). The molecule has 118 valence electrons. The summed E-state index contributed by atoms with van der Waals surface area (Å²) in [6, 6.07) is 3.51. The van der Waals surface area contributed by atoms with E-state index in [9.17, 15) is 9.59 Å². The van der Waals surface area contributed by atoms with Crippen LogP contribution in [0.1, 0.15) is 34.0 Å². The van der Waals surface area contributed by atoms with E-state index in [1.165, 1.54) is 0 Å². The maximum absolute atomic E-state index is 11.9. The summed E-state index contributed by atoms with van der Waals surface area (Å²) in [6.45, 7) is 3.83. The van der Waals surface area contributed by atoms with E-state index >= 15 is 0 Å². The molecule has 8 heteroatoms. The van der Waals surface area contributed by atoms with Crippen molar-refractivity contribution in [3.63, 3.8) is 0 Å². The lowest BCUT2D eigenvalue weighted by atomic mass is 10.3. The van der Waals surface area contributed by atoms with E-state index in [1.54, 1.807) is 38.4 Å². The molecular formula is C14H15ClN2O4S. The van der Waals surface area contributed by atoms with Crippen LogP contribution in [0, 0.1) is 0 Å². The number of pyridine rings is 1. The molecule has 0 aliphatic carbocycles. The van der Waals surface area contributed by atoms with Gasteiger partial charge in [-0.05, 0) is 26.0 Å². The standard InChI is InChI=1S/C14H14N2O4S.ClH/c1-3-19-13(17)10-11(14(18)20-4-2)21-12(16-10)9-5-7-15-8-6-9;/h5-8H,3-4H2,1-2H3;1H. The van der Waals surface area contributed by atoms with Gasteiger partial charge in [0.2, 0.25) is 0 Å². The van der Waals surface area contributed by atoms with Crippen LogP contribution in [0.2, 0.25) is 0 Å². The van der Waals surface area contributed by atoms with Crippen molar-refractivity contribution in [3.8, 4) is 10.6 Å². The third-order valence-corrected chi connectivity index (χ3v) is 3.57. The van der Waals surface area contributed by atoms with Gasteiger partial charge in [-0.3, -0.25) is 4.98 Å². The summed E-state index contributed by atoms with van der Waals surface area (Å²) in [5.41, 5.74) is 0.767. The maximum Gasteiger partial charge on any atom is 0.358 e. The zero-order chi connectivity index (χ0) is 15.2. The normalized spacial score (nSPS) is 9.73. The molecule has 0 aromatic carbocycles. The van der Waals surface area contributed by atoms with Gasteiger partial charge in [0.25, 0.3) is 0 Å². The number of aromatic nitrogens is 2. The summed E-state index contributed by atoms with van der Waals surface area (Å²) in [4.78, 5) is 32.2. The summed E-state index contributed by atoms with van der Waals surface area (Å²) in [6.07, 6.45) is 3.23. The number of halogens is 1. The van der Waals surface area contributed by atoms with E-state index in [0.29, 0.717) is 5.01 Å². The molecule has 0 fully saturated rings. The largest absolute Gasteiger partial charge is 0.462 e. The molecule has 0 saturated heterocycles. The molecule has 0 unspecified atom stereocenters. The van der Waals surface area contributed by atoms with Gasteiger partial charge in [-0.2, -0.15) is 0 Å². The smallest absolute Gasteiger partial charge is 0.358 e. The average molecular weight is 343 g/mol. The van der Waals surface area contributed by atoms with E-state index in [-0.39, 0.29) is 36.2 Å². The van der Waals surface area contributed by atoms with Crippen molar-refractivity contribution in [1.82, 2.24) is 9.97 Å². The zero-order valence-electron chi connectivity index (χ0n) is 12.1. The summed E-state index contributed by atoms with van der Waals surface area (Å²) < 4.78 is 9.89. The number of thiazole rings is 1. The highest BCUT2D eigenvalue weighted by atomic mass is 35.5. The fraction of sp³-hybridized carbons (Fsp3) is 0.286. The van der Waals surface area contributed by atoms with Crippen molar-refractivity contribution in [2.75, 3.05) is 13.2 Å². The first-order chi connectivity index (χ1) is 10.2. The van der Waals surface area contributed by atoms with Crippen molar-refractivity contribution in [2.24, 2.45) is 0 Å². The van der Waals surface area contributed by atoms with Crippen LogP contribution in [0.15, 0.2) is 24.5 Å². The second-order valence-electron chi connectivity index (χ2n) is 3.87. The van der Waals surface area contributed by atoms with Crippen LogP contribution in [0.3, 0.4) is 0 Å². The minimum atomic E-state index is -0.628. The maximum atomic E-state index is 11.9. The van der Waals surface area contributed by atoms with Crippen LogP contribution in [-0.4, -0.2) is 35.1 Å². The monoisotopic (exact) mass is 342 g/mol. The highest BCUT2D eigenvalue weighted by Gasteiger charge is 2.25. The van der Waals surface area contributed by atoms with E-state index in [4.69, 9.17) is 9.47 Å². The van der Waals surface area contributed by atoms with Crippen LogP contribution < -0.4 is 0 Å². The Morgan fingerprint density at radius 3 is 2.27 bits per heavy atom. The summed E-state index contributed by atoms with van der Waals surface area (Å²) in [5.74, 6) is -1.20. The number of nitrogens with zero attached hydrogens (tertiary/aromatic N) is 2. The molecular weight excluding hydrogens is 328 g/mol. The van der Waals surface area contributed by atoms with Gasteiger partial charge in [-0.15, -0.1) is 23.7 Å². The van der Waals surface area contributed by atoms with Crippen molar-refractivity contribution in [1.29, 1.82) is 0 Å². The Balaban J connectivity index is 0.00000242. The quantitative estimate of drug-likeness (QED) is 0.777. The van der Waals surface area contributed by atoms with Gasteiger partial charge >= 0.3 is 11.9 Å². The third kappa shape index (κ3) is 4.02. The molecule has 2 heterocycles. The molecule has 0 radical (unpaired) electrons. The number of hydrogen-bond donors (Lipinski definition) is 0. The Morgan fingerprint density at radius 2 is 1.68 bits per heavy atom. The molecule has 0 aliphatic rings. The average Bonchev–Trinajstić information content (AvgIpc) is 2.94. The fourth-order valence-corrected chi connectivity index (χ4v) is 2.56. The second kappa shape index (κ2) is 8.45. The van der Waals surface area contributed by atoms with Crippen LogP contribution in [0.25, 0.3) is 10.6 Å². The Labute approximate surface area is 137 Å².